The monoisotopic (exact) mass is 422 g/mol. The molecule has 0 atom stereocenters. The van der Waals surface area contributed by atoms with Crippen molar-refractivity contribution in [3.63, 3.8) is 0 Å². The van der Waals surface area contributed by atoms with Crippen LogP contribution < -0.4 is 0 Å². The van der Waals surface area contributed by atoms with Gasteiger partial charge in [0.25, 0.3) is 0 Å². The molecule has 0 amide bonds. The van der Waals surface area contributed by atoms with Gasteiger partial charge in [-0.15, -0.1) is 10.2 Å². The second-order valence-corrected chi connectivity index (χ2v) is 6.66. The van der Waals surface area contributed by atoms with Crippen LogP contribution in [0.5, 0.6) is 0 Å². The van der Waals surface area contributed by atoms with E-state index in [9.17, 15) is 13.2 Å². The van der Waals surface area contributed by atoms with E-state index in [1.807, 2.05) is 24.3 Å². The number of halogens is 4. The van der Waals surface area contributed by atoms with Gasteiger partial charge in [-0.3, -0.25) is 0 Å². The third-order valence-electron chi connectivity index (χ3n) is 3.73. The van der Waals surface area contributed by atoms with E-state index in [-0.39, 0.29) is 0 Å². The Morgan fingerprint density at radius 1 is 1.08 bits per heavy atom. The maximum Gasteiger partial charge on any atom is 0.416 e. The minimum Gasteiger partial charge on any atom is -0.421 e. The second-order valence-electron chi connectivity index (χ2n) is 5.74. The number of hydrogen-bond donors (Lipinski definition) is 0. The van der Waals surface area contributed by atoms with Gasteiger partial charge < -0.3 is 4.42 Å². The van der Waals surface area contributed by atoms with Crippen LogP contribution >= 0.6 is 15.9 Å². The smallest absolute Gasteiger partial charge is 0.416 e. The fourth-order valence-electron chi connectivity index (χ4n) is 2.43. The Labute approximate surface area is 156 Å². The predicted octanol–water partition coefficient (Wildman–Crippen LogP) is 5.92. The molecule has 1 heterocycles. The van der Waals surface area contributed by atoms with Gasteiger partial charge >= 0.3 is 6.18 Å². The van der Waals surface area contributed by atoms with Crippen LogP contribution in [0.25, 0.3) is 12.2 Å². The van der Waals surface area contributed by atoms with Crippen molar-refractivity contribution < 1.29 is 17.6 Å². The second kappa shape index (κ2) is 7.45. The van der Waals surface area contributed by atoms with Crippen LogP contribution in [0.2, 0.25) is 0 Å². The van der Waals surface area contributed by atoms with Crippen molar-refractivity contribution in [3.05, 3.63) is 81.0 Å². The highest BCUT2D eigenvalue weighted by atomic mass is 79.9. The minimum atomic E-state index is -4.35. The Kier molecular flexibility index (Phi) is 5.27. The molecule has 0 saturated heterocycles. The standard InChI is InChI=1S/C19H14BrF3N2O/c1-12-9-15(19(21,22)23)7-5-14(12)6-8-17-24-25-18(26-17)11-13-3-2-4-16(20)10-13/h2-10H,11H2,1H3. The molecule has 26 heavy (non-hydrogen) atoms. The Bertz CT molecular complexity index is 948. The van der Waals surface area contributed by atoms with Crippen molar-refractivity contribution in [2.24, 2.45) is 0 Å². The van der Waals surface area contributed by atoms with Crippen molar-refractivity contribution in [1.29, 1.82) is 0 Å². The maximum atomic E-state index is 12.7. The molecule has 7 heteroatoms. The van der Waals surface area contributed by atoms with Crippen LogP contribution in [0.15, 0.2) is 51.4 Å². The number of aromatic nitrogens is 2. The molecular formula is C19H14BrF3N2O. The van der Waals surface area contributed by atoms with Crippen LogP contribution in [0.3, 0.4) is 0 Å². The van der Waals surface area contributed by atoms with E-state index in [1.165, 1.54) is 6.07 Å². The molecule has 0 spiro atoms. The van der Waals surface area contributed by atoms with Crippen molar-refractivity contribution >= 4 is 28.1 Å². The van der Waals surface area contributed by atoms with Crippen molar-refractivity contribution in [2.75, 3.05) is 0 Å². The third kappa shape index (κ3) is 4.60. The topological polar surface area (TPSA) is 38.9 Å². The Hall–Kier alpha value is -2.41. The molecule has 0 fully saturated rings. The molecule has 3 nitrogen and oxygen atoms in total. The Morgan fingerprint density at radius 3 is 2.58 bits per heavy atom. The maximum absolute atomic E-state index is 12.7. The van der Waals surface area contributed by atoms with Crippen LogP contribution in [0.4, 0.5) is 13.2 Å². The van der Waals surface area contributed by atoms with E-state index in [0.29, 0.717) is 29.3 Å². The number of hydrogen-bond acceptors (Lipinski definition) is 3. The molecule has 0 saturated carbocycles. The van der Waals surface area contributed by atoms with Gasteiger partial charge in [0, 0.05) is 10.5 Å². The largest absolute Gasteiger partial charge is 0.421 e. The number of rotatable bonds is 4. The predicted molar refractivity (Wildman–Crippen MR) is 96.4 cm³/mol. The average Bonchev–Trinajstić information content (AvgIpc) is 3.00. The molecule has 2 aromatic carbocycles. The molecule has 0 aliphatic rings. The Morgan fingerprint density at radius 2 is 1.88 bits per heavy atom. The summed E-state index contributed by atoms with van der Waals surface area (Å²) >= 11 is 3.41. The van der Waals surface area contributed by atoms with Crippen molar-refractivity contribution in [1.82, 2.24) is 10.2 Å². The fraction of sp³-hybridized carbons (Fsp3) is 0.158. The highest BCUT2D eigenvalue weighted by molar-refractivity contribution is 9.10. The fourth-order valence-corrected chi connectivity index (χ4v) is 2.87. The summed E-state index contributed by atoms with van der Waals surface area (Å²) in [6.07, 6.45) is -0.598. The molecule has 0 unspecified atom stereocenters. The lowest BCUT2D eigenvalue weighted by molar-refractivity contribution is -0.137. The molecule has 0 N–H and O–H groups in total. The highest BCUT2D eigenvalue weighted by Crippen LogP contribution is 2.30. The van der Waals surface area contributed by atoms with E-state index in [4.69, 9.17) is 4.42 Å². The molecule has 134 valence electrons. The zero-order valence-electron chi connectivity index (χ0n) is 13.7. The van der Waals surface area contributed by atoms with Gasteiger partial charge in [-0.25, -0.2) is 0 Å². The lowest BCUT2D eigenvalue weighted by Crippen LogP contribution is -2.05. The first-order valence-electron chi connectivity index (χ1n) is 7.74. The molecule has 0 radical (unpaired) electrons. The van der Waals surface area contributed by atoms with Crippen molar-refractivity contribution in [2.45, 2.75) is 19.5 Å². The lowest BCUT2D eigenvalue weighted by atomic mass is 10.0. The quantitative estimate of drug-likeness (QED) is 0.523. The zero-order valence-corrected chi connectivity index (χ0v) is 15.3. The summed E-state index contributed by atoms with van der Waals surface area (Å²) < 4.78 is 44.6. The number of nitrogens with zero attached hydrogens (tertiary/aromatic N) is 2. The van der Waals surface area contributed by atoms with Gasteiger partial charge in [0.15, 0.2) is 0 Å². The molecule has 3 aromatic rings. The first-order chi connectivity index (χ1) is 12.3. The molecule has 0 aliphatic carbocycles. The van der Waals surface area contributed by atoms with Crippen LogP contribution in [0, 0.1) is 6.92 Å². The summed E-state index contributed by atoms with van der Waals surface area (Å²) in [7, 11) is 0. The van der Waals surface area contributed by atoms with E-state index >= 15 is 0 Å². The van der Waals surface area contributed by atoms with Crippen LogP contribution in [-0.4, -0.2) is 10.2 Å². The molecule has 0 bridgehead atoms. The first-order valence-corrected chi connectivity index (χ1v) is 8.53. The van der Waals surface area contributed by atoms with Gasteiger partial charge in [-0.2, -0.15) is 13.2 Å². The van der Waals surface area contributed by atoms with E-state index in [0.717, 1.165) is 22.2 Å². The molecular weight excluding hydrogens is 409 g/mol. The van der Waals surface area contributed by atoms with Gasteiger partial charge in [-0.05, 0) is 54.0 Å². The van der Waals surface area contributed by atoms with Crippen LogP contribution in [-0.2, 0) is 12.6 Å². The summed E-state index contributed by atoms with van der Waals surface area (Å²) in [6.45, 7) is 1.63. The minimum absolute atomic E-state index is 0.300. The Balaban J connectivity index is 1.73. The number of benzene rings is 2. The van der Waals surface area contributed by atoms with Gasteiger partial charge in [0.05, 0.1) is 12.0 Å². The summed E-state index contributed by atoms with van der Waals surface area (Å²) in [5.41, 5.74) is 1.54. The average molecular weight is 423 g/mol. The summed E-state index contributed by atoms with van der Waals surface area (Å²) in [5.74, 6) is 0.765. The van der Waals surface area contributed by atoms with Crippen molar-refractivity contribution in [3.8, 4) is 0 Å². The molecule has 3 rings (SSSR count). The van der Waals surface area contributed by atoms with E-state index < -0.39 is 11.7 Å². The van der Waals surface area contributed by atoms with E-state index in [2.05, 4.69) is 26.1 Å². The van der Waals surface area contributed by atoms with Crippen LogP contribution in [0.1, 0.15) is 34.0 Å². The van der Waals surface area contributed by atoms with Gasteiger partial charge in [-0.1, -0.05) is 34.1 Å². The van der Waals surface area contributed by atoms with Gasteiger partial charge in [0.1, 0.15) is 0 Å². The first kappa shape index (κ1) is 18.4. The zero-order chi connectivity index (χ0) is 18.7. The number of alkyl halides is 3. The van der Waals surface area contributed by atoms with Gasteiger partial charge in [0.2, 0.25) is 11.8 Å². The SMILES string of the molecule is Cc1cc(C(F)(F)F)ccc1C=Cc1nnc(Cc2cccc(Br)c2)o1. The summed E-state index contributed by atoms with van der Waals surface area (Å²) in [4.78, 5) is 0. The molecule has 1 aromatic heterocycles. The van der Waals surface area contributed by atoms with E-state index in [1.54, 1.807) is 19.1 Å². The highest BCUT2D eigenvalue weighted by Gasteiger charge is 2.30. The summed E-state index contributed by atoms with van der Waals surface area (Å²) in [6, 6.07) is 11.4. The normalized spacial score (nSPS) is 12.0. The summed E-state index contributed by atoms with van der Waals surface area (Å²) in [5, 5.41) is 7.93. The third-order valence-corrected chi connectivity index (χ3v) is 4.22. The number of aryl methyl sites for hydroxylation is 1. The molecule has 0 aliphatic heterocycles. The lowest BCUT2D eigenvalue weighted by Gasteiger charge is -2.08.